The van der Waals surface area contributed by atoms with Gasteiger partial charge < -0.3 is 15.8 Å². The summed E-state index contributed by atoms with van der Waals surface area (Å²) in [6.07, 6.45) is -3.45. The minimum absolute atomic E-state index is 0.0861. The molecular formula is C15H12F3N5O. The first-order valence-corrected chi connectivity index (χ1v) is 6.87. The van der Waals surface area contributed by atoms with Gasteiger partial charge in [-0.25, -0.2) is 15.0 Å². The molecule has 0 spiro atoms. The SMILES string of the molecule is Nc1ccc2c(NCc3ccccc3OC(F)(F)F)ncnc2n1. The molecule has 0 unspecified atom stereocenters. The van der Waals surface area contributed by atoms with E-state index in [2.05, 4.69) is 25.0 Å². The van der Waals surface area contributed by atoms with Crippen molar-refractivity contribution in [2.24, 2.45) is 0 Å². The third kappa shape index (κ3) is 3.62. The van der Waals surface area contributed by atoms with Gasteiger partial charge in [-0.1, -0.05) is 18.2 Å². The number of fused-ring (bicyclic) bond motifs is 1. The molecule has 6 nitrogen and oxygen atoms in total. The fraction of sp³-hybridized carbons (Fsp3) is 0.133. The maximum atomic E-state index is 12.4. The molecule has 0 atom stereocenters. The van der Waals surface area contributed by atoms with Crippen molar-refractivity contribution in [2.75, 3.05) is 11.1 Å². The summed E-state index contributed by atoms with van der Waals surface area (Å²) >= 11 is 0. The molecule has 0 aliphatic heterocycles. The summed E-state index contributed by atoms with van der Waals surface area (Å²) in [7, 11) is 0. The second-order valence-electron chi connectivity index (χ2n) is 4.84. The number of ether oxygens (including phenoxy) is 1. The van der Waals surface area contributed by atoms with Crippen LogP contribution in [0.2, 0.25) is 0 Å². The Morgan fingerprint density at radius 2 is 1.88 bits per heavy atom. The number of alkyl halides is 3. The first-order chi connectivity index (χ1) is 11.4. The molecule has 0 aliphatic rings. The molecule has 2 aromatic heterocycles. The third-order valence-electron chi connectivity index (χ3n) is 3.16. The molecule has 3 rings (SSSR count). The van der Waals surface area contributed by atoms with Gasteiger partial charge in [-0.3, -0.25) is 0 Å². The molecule has 24 heavy (non-hydrogen) atoms. The van der Waals surface area contributed by atoms with E-state index in [1.807, 2.05) is 0 Å². The molecule has 3 aromatic rings. The van der Waals surface area contributed by atoms with Gasteiger partial charge in [0.05, 0.1) is 5.39 Å². The average molecular weight is 335 g/mol. The largest absolute Gasteiger partial charge is 0.573 e. The monoisotopic (exact) mass is 335 g/mol. The number of rotatable bonds is 4. The Labute approximate surface area is 134 Å². The van der Waals surface area contributed by atoms with E-state index < -0.39 is 6.36 Å². The van der Waals surface area contributed by atoms with Crippen LogP contribution in [0.3, 0.4) is 0 Å². The smallest absolute Gasteiger partial charge is 0.405 e. The van der Waals surface area contributed by atoms with E-state index in [0.717, 1.165) is 0 Å². The number of aromatic nitrogens is 3. The zero-order valence-corrected chi connectivity index (χ0v) is 12.2. The minimum Gasteiger partial charge on any atom is -0.405 e. The predicted molar refractivity (Wildman–Crippen MR) is 82.2 cm³/mol. The van der Waals surface area contributed by atoms with Crippen molar-refractivity contribution >= 4 is 22.7 Å². The summed E-state index contributed by atoms with van der Waals surface area (Å²) in [5, 5.41) is 3.58. The molecule has 124 valence electrons. The number of hydrogen-bond acceptors (Lipinski definition) is 6. The van der Waals surface area contributed by atoms with E-state index in [1.165, 1.54) is 24.5 Å². The highest BCUT2D eigenvalue weighted by molar-refractivity contribution is 5.87. The lowest BCUT2D eigenvalue weighted by Crippen LogP contribution is -2.18. The highest BCUT2D eigenvalue weighted by Gasteiger charge is 2.31. The second kappa shape index (κ2) is 6.19. The number of anilines is 2. The standard InChI is InChI=1S/C15H12F3N5O/c16-15(17,18)24-11-4-2-1-3-9(11)7-20-13-10-5-6-12(19)23-14(10)22-8-21-13/h1-6,8H,7H2,(H3,19,20,21,22,23). The lowest BCUT2D eigenvalue weighted by Gasteiger charge is -2.14. The quantitative estimate of drug-likeness (QED) is 0.762. The molecule has 0 fully saturated rings. The first kappa shape index (κ1) is 15.8. The molecule has 0 bridgehead atoms. The Morgan fingerprint density at radius 3 is 2.67 bits per heavy atom. The van der Waals surface area contributed by atoms with Gasteiger partial charge in [-0.05, 0) is 18.2 Å². The van der Waals surface area contributed by atoms with Gasteiger partial charge in [-0.15, -0.1) is 13.2 Å². The van der Waals surface area contributed by atoms with Crippen LogP contribution < -0.4 is 15.8 Å². The van der Waals surface area contributed by atoms with Crippen LogP contribution in [0.15, 0.2) is 42.7 Å². The van der Waals surface area contributed by atoms with Crippen molar-refractivity contribution in [3.63, 3.8) is 0 Å². The topological polar surface area (TPSA) is 86.0 Å². The summed E-state index contributed by atoms with van der Waals surface area (Å²) < 4.78 is 41.4. The number of nitrogen functional groups attached to an aromatic ring is 1. The molecule has 3 N–H and O–H groups in total. The summed E-state index contributed by atoms with van der Waals surface area (Å²) in [5.41, 5.74) is 6.34. The van der Waals surface area contributed by atoms with Gasteiger partial charge in [0.2, 0.25) is 0 Å². The molecule has 0 aliphatic carbocycles. The number of nitrogens with zero attached hydrogens (tertiary/aromatic N) is 3. The summed E-state index contributed by atoms with van der Waals surface area (Å²) in [6.45, 7) is 0.0861. The fourth-order valence-electron chi connectivity index (χ4n) is 2.15. The van der Waals surface area contributed by atoms with E-state index in [4.69, 9.17) is 5.73 Å². The van der Waals surface area contributed by atoms with Gasteiger partial charge in [-0.2, -0.15) is 0 Å². The van der Waals surface area contributed by atoms with E-state index in [0.29, 0.717) is 28.2 Å². The van der Waals surface area contributed by atoms with Crippen LogP contribution >= 0.6 is 0 Å². The summed E-state index contributed by atoms with van der Waals surface area (Å²) in [6, 6.07) is 9.17. The van der Waals surface area contributed by atoms with Crippen LogP contribution in [0.4, 0.5) is 24.8 Å². The lowest BCUT2D eigenvalue weighted by molar-refractivity contribution is -0.274. The van der Waals surface area contributed by atoms with Gasteiger partial charge in [0.15, 0.2) is 5.65 Å². The lowest BCUT2D eigenvalue weighted by atomic mass is 10.2. The molecule has 1 aromatic carbocycles. The summed E-state index contributed by atoms with van der Waals surface area (Å²) in [5.74, 6) is 0.489. The Hall–Kier alpha value is -3.10. The molecule has 9 heteroatoms. The average Bonchev–Trinajstić information content (AvgIpc) is 2.52. The van der Waals surface area contributed by atoms with Gasteiger partial charge in [0.1, 0.15) is 23.7 Å². The van der Waals surface area contributed by atoms with Crippen molar-refractivity contribution in [1.29, 1.82) is 0 Å². The van der Waals surface area contributed by atoms with Crippen molar-refractivity contribution in [3.05, 3.63) is 48.3 Å². The van der Waals surface area contributed by atoms with Gasteiger partial charge >= 0.3 is 6.36 Å². The van der Waals surface area contributed by atoms with Crippen molar-refractivity contribution in [2.45, 2.75) is 12.9 Å². The number of nitrogens with two attached hydrogens (primary N) is 1. The highest BCUT2D eigenvalue weighted by atomic mass is 19.4. The maximum absolute atomic E-state index is 12.4. The molecular weight excluding hydrogens is 323 g/mol. The Balaban J connectivity index is 1.84. The molecule has 0 amide bonds. The van der Waals surface area contributed by atoms with Crippen molar-refractivity contribution in [3.8, 4) is 5.75 Å². The zero-order chi connectivity index (χ0) is 17.2. The van der Waals surface area contributed by atoms with Crippen LogP contribution in [0.1, 0.15) is 5.56 Å². The van der Waals surface area contributed by atoms with E-state index in [9.17, 15) is 13.2 Å². The van der Waals surface area contributed by atoms with Crippen molar-refractivity contribution in [1.82, 2.24) is 15.0 Å². The highest BCUT2D eigenvalue weighted by Crippen LogP contribution is 2.27. The van der Waals surface area contributed by atoms with Crippen LogP contribution in [0.5, 0.6) is 5.75 Å². The number of nitrogens with one attached hydrogen (secondary N) is 1. The summed E-state index contributed by atoms with van der Waals surface area (Å²) in [4.78, 5) is 12.2. The van der Waals surface area contributed by atoms with Crippen LogP contribution in [-0.4, -0.2) is 21.3 Å². The van der Waals surface area contributed by atoms with Gasteiger partial charge in [0.25, 0.3) is 0 Å². The Bertz CT molecular complexity index is 869. The second-order valence-corrected chi connectivity index (χ2v) is 4.84. The maximum Gasteiger partial charge on any atom is 0.573 e. The number of hydrogen-bond donors (Lipinski definition) is 2. The molecule has 0 saturated carbocycles. The van der Waals surface area contributed by atoms with Crippen LogP contribution in [-0.2, 0) is 6.54 Å². The van der Waals surface area contributed by atoms with Crippen molar-refractivity contribution < 1.29 is 17.9 Å². The Morgan fingerprint density at radius 1 is 1.08 bits per heavy atom. The van der Waals surface area contributed by atoms with E-state index in [1.54, 1.807) is 18.2 Å². The van der Waals surface area contributed by atoms with E-state index >= 15 is 0 Å². The number of pyridine rings is 1. The normalized spacial score (nSPS) is 11.5. The minimum atomic E-state index is -4.75. The number of halogens is 3. The third-order valence-corrected chi connectivity index (χ3v) is 3.16. The zero-order valence-electron chi connectivity index (χ0n) is 12.2. The van der Waals surface area contributed by atoms with Crippen LogP contribution in [0.25, 0.3) is 11.0 Å². The van der Waals surface area contributed by atoms with Crippen LogP contribution in [0, 0.1) is 0 Å². The first-order valence-electron chi connectivity index (χ1n) is 6.87. The number of para-hydroxylation sites is 1. The number of benzene rings is 1. The predicted octanol–water partition coefficient (Wildman–Crippen LogP) is 3.12. The fourth-order valence-corrected chi connectivity index (χ4v) is 2.15. The molecule has 0 saturated heterocycles. The molecule has 0 radical (unpaired) electrons. The molecule has 2 heterocycles. The Kier molecular flexibility index (Phi) is 4.07. The van der Waals surface area contributed by atoms with Gasteiger partial charge in [0, 0.05) is 12.1 Å². The van der Waals surface area contributed by atoms with E-state index in [-0.39, 0.29) is 12.3 Å².